The normalized spacial score (nSPS) is 11.5. The van der Waals surface area contributed by atoms with Crippen LogP contribution >= 0.6 is 0 Å². The largest absolute Gasteiger partial charge is 0.504 e. The number of carbonyl (C=O) groups excluding carboxylic acids is 2. The van der Waals surface area contributed by atoms with Crippen molar-refractivity contribution in [1.82, 2.24) is 0 Å². The molecule has 10 aromatic rings. The van der Waals surface area contributed by atoms with Crippen molar-refractivity contribution in [2.45, 2.75) is 5.41 Å². The van der Waals surface area contributed by atoms with Crippen LogP contribution in [0, 0.1) is 49.4 Å². The number of hydrogen-bond acceptors (Lipinski definition) is 10. The fourth-order valence-corrected chi connectivity index (χ4v) is 10.0. The van der Waals surface area contributed by atoms with Crippen LogP contribution in [0.5, 0.6) is 69.0 Å². The molecule has 0 saturated heterocycles. The zero-order valence-electron chi connectivity index (χ0n) is 43.7. The van der Waals surface area contributed by atoms with E-state index in [0.717, 1.165) is 33.4 Å². The molecule has 0 heterocycles. The Morgan fingerprint density at radius 3 is 1.14 bits per heavy atom. The van der Waals surface area contributed by atoms with E-state index in [9.17, 15) is 30.0 Å². The lowest BCUT2D eigenvalue weighted by atomic mass is 9.68. The van der Waals surface area contributed by atoms with Gasteiger partial charge in [0.1, 0.15) is 22.9 Å². The van der Waals surface area contributed by atoms with Gasteiger partial charge in [0.25, 0.3) is 11.8 Å². The molecule has 0 saturated carbocycles. The number of amides is 2. The van der Waals surface area contributed by atoms with E-state index in [1.54, 1.807) is 72.8 Å². The summed E-state index contributed by atoms with van der Waals surface area (Å²) in [5.41, 5.74) is 6.57. The Morgan fingerprint density at radius 2 is 0.771 bits per heavy atom. The summed E-state index contributed by atoms with van der Waals surface area (Å²) in [6.07, 6.45) is 22.4. The topological polar surface area (TPSA) is 176 Å². The van der Waals surface area contributed by atoms with Gasteiger partial charge in [-0.1, -0.05) is 109 Å². The number of rotatable bonds is 14. The number of terminal acetylenes is 4. The zero-order chi connectivity index (χ0) is 57.8. The summed E-state index contributed by atoms with van der Waals surface area (Å²) in [6.45, 7) is 0. The summed E-state index contributed by atoms with van der Waals surface area (Å²) in [4.78, 5) is 26.9. The standard InChI is InChI=1S/C71H44N2O10/c1-5-43-23-27-47(28-24-43)69(78)72-63-59(41-31-45(7-3)65(63)76)82-67-57(74)19-13-21-61(67)80-51-37-33-49(34-38-51)71(55-17-11-9-15-53(55)54-16-10-12-18-56(54)71)50-35-39-52(40-36-50)81-62-22-14-20-58(75)68(62)83-60-42-32-46(8-4)66(77)64(60)73-70(79)48-29-25-44(6-2)26-30-48/h1-4,9-42,74-77H,(H,72,78)(H,73,79). The van der Waals surface area contributed by atoms with Crippen molar-refractivity contribution >= 4 is 23.2 Å². The molecule has 6 N–H and O–H groups in total. The van der Waals surface area contributed by atoms with Gasteiger partial charge in [-0.2, -0.15) is 0 Å². The van der Waals surface area contributed by atoms with Gasteiger partial charge in [0.05, 0.1) is 16.5 Å². The van der Waals surface area contributed by atoms with E-state index in [2.05, 4.69) is 58.6 Å². The number of phenolic OH excluding ortho intramolecular Hbond substituents is 4. The van der Waals surface area contributed by atoms with Crippen LogP contribution in [-0.4, -0.2) is 32.2 Å². The highest BCUT2D eigenvalue weighted by Gasteiger charge is 2.46. The summed E-state index contributed by atoms with van der Waals surface area (Å²) in [5, 5.41) is 50.4. The van der Waals surface area contributed by atoms with Crippen molar-refractivity contribution < 1.29 is 49.0 Å². The number of para-hydroxylation sites is 2. The van der Waals surface area contributed by atoms with Crippen molar-refractivity contribution in [3.63, 3.8) is 0 Å². The number of anilines is 2. The van der Waals surface area contributed by atoms with Crippen LogP contribution in [0.4, 0.5) is 11.4 Å². The maximum Gasteiger partial charge on any atom is 0.255 e. The van der Waals surface area contributed by atoms with Crippen LogP contribution in [0.1, 0.15) is 65.2 Å². The Bertz CT molecular complexity index is 4100. The van der Waals surface area contributed by atoms with Gasteiger partial charge in [0, 0.05) is 22.3 Å². The van der Waals surface area contributed by atoms with Crippen molar-refractivity contribution in [3.8, 4) is 129 Å². The fraction of sp³-hybridized carbons (Fsp3) is 0.0141. The number of nitrogens with one attached hydrogen (secondary N) is 2. The number of benzene rings is 10. The molecule has 0 radical (unpaired) electrons. The van der Waals surface area contributed by atoms with E-state index in [-0.39, 0.29) is 79.6 Å². The molecular weight excluding hydrogens is 1040 g/mol. The van der Waals surface area contributed by atoms with Crippen LogP contribution in [0.3, 0.4) is 0 Å². The maximum atomic E-state index is 13.5. The lowest BCUT2D eigenvalue weighted by molar-refractivity contribution is 0.101. The van der Waals surface area contributed by atoms with Crippen molar-refractivity contribution in [3.05, 3.63) is 262 Å². The van der Waals surface area contributed by atoms with Crippen molar-refractivity contribution in [2.75, 3.05) is 10.6 Å². The average Bonchev–Trinajstić information content (AvgIpc) is 1.95. The fourth-order valence-electron chi connectivity index (χ4n) is 10.0. The van der Waals surface area contributed by atoms with E-state index < -0.39 is 28.7 Å². The second-order valence-corrected chi connectivity index (χ2v) is 18.8. The Kier molecular flexibility index (Phi) is 14.2. The first-order chi connectivity index (χ1) is 40.4. The molecule has 83 heavy (non-hydrogen) atoms. The van der Waals surface area contributed by atoms with Crippen LogP contribution < -0.4 is 29.6 Å². The molecule has 0 atom stereocenters. The molecular formula is C71H44N2O10. The van der Waals surface area contributed by atoms with Gasteiger partial charge >= 0.3 is 0 Å². The van der Waals surface area contributed by atoms with Crippen LogP contribution in [0.15, 0.2) is 206 Å². The lowest BCUT2D eigenvalue weighted by Gasteiger charge is -2.34. The highest BCUT2D eigenvalue weighted by molar-refractivity contribution is 6.07. The molecule has 10 aromatic carbocycles. The third kappa shape index (κ3) is 9.92. The van der Waals surface area contributed by atoms with Gasteiger partial charge in [-0.25, -0.2) is 0 Å². The molecule has 1 aliphatic rings. The quantitative estimate of drug-likeness (QED) is 0.0454. The summed E-state index contributed by atoms with van der Waals surface area (Å²) >= 11 is 0. The number of hydrogen-bond donors (Lipinski definition) is 6. The predicted molar refractivity (Wildman–Crippen MR) is 317 cm³/mol. The van der Waals surface area contributed by atoms with Gasteiger partial charge in [-0.15, -0.1) is 25.7 Å². The molecule has 0 aliphatic heterocycles. The number of ether oxygens (including phenoxy) is 4. The maximum absolute atomic E-state index is 13.5. The number of aromatic hydroxyl groups is 4. The summed E-state index contributed by atoms with van der Waals surface area (Å²) in [5.74, 6) is 7.88. The van der Waals surface area contributed by atoms with E-state index in [1.807, 2.05) is 72.8 Å². The molecule has 0 bridgehead atoms. The summed E-state index contributed by atoms with van der Waals surface area (Å²) in [6, 6.07) is 59.2. The molecule has 12 nitrogen and oxygen atoms in total. The molecule has 0 unspecified atom stereocenters. The van der Waals surface area contributed by atoms with Gasteiger partial charge in [-0.3, -0.25) is 9.59 Å². The molecule has 398 valence electrons. The molecule has 2 amide bonds. The summed E-state index contributed by atoms with van der Waals surface area (Å²) < 4.78 is 25.5. The summed E-state index contributed by atoms with van der Waals surface area (Å²) in [7, 11) is 0. The monoisotopic (exact) mass is 1080 g/mol. The third-order valence-corrected chi connectivity index (χ3v) is 14.0. The Morgan fingerprint density at radius 1 is 0.386 bits per heavy atom. The minimum atomic E-state index is -0.879. The number of carbonyl (C=O) groups is 2. The molecule has 0 aromatic heterocycles. The van der Waals surface area contributed by atoms with E-state index in [4.69, 9.17) is 44.6 Å². The lowest BCUT2D eigenvalue weighted by Crippen LogP contribution is -2.28. The Balaban J connectivity index is 0.902. The van der Waals surface area contributed by atoms with Gasteiger partial charge in [0.2, 0.25) is 11.5 Å². The Labute approximate surface area is 477 Å². The van der Waals surface area contributed by atoms with E-state index >= 15 is 0 Å². The highest BCUT2D eigenvalue weighted by Crippen LogP contribution is 2.57. The highest BCUT2D eigenvalue weighted by atomic mass is 16.5. The van der Waals surface area contributed by atoms with E-state index in [1.165, 1.54) is 36.4 Å². The molecule has 11 rings (SSSR count). The van der Waals surface area contributed by atoms with Crippen molar-refractivity contribution in [1.29, 1.82) is 0 Å². The van der Waals surface area contributed by atoms with Gasteiger partial charge < -0.3 is 50.0 Å². The zero-order valence-corrected chi connectivity index (χ0v) is 43.7. The second kappa shape index (κ2) is 22.3. The number of fused-ring (bicyclic) bond motifs is 3. The molecule has 0 spiro atoms. The number of phenols is 4. The SMILES string of the molecule is C#Cc1ccc(C(=O)Nc2c(Oc3c(O)cccc3Oc3ccc(C4(c5ccc(Oc6cccc(O)c6Oc6ccc(C#C)c(O)c6NC(=O)c6ccc(C#C)cc6)cc5)c5ccccc5-c5ccccc54)cc3)ccc(C#C)c2O)cc1. The third-order valence-electron chi connectivity index (χ3n) is 14.0. The predicted octanol–water partition coefficient (Wildman–Crippen LogP) is 14.5. The smallest absolute Gasteiger partial charge is 0.255 e. The first-order valence-corrected chi connectivity index (χ1v) is 25.6. The van der Waals surface area contributed by atoms with Crippen LogP contribution in [0.2, 0.25) is 0 Å². The van der Waals surface area contributed by atoms with Crippen LogP contribution in [-0.2, 0) is 5.41 Å². The molecule has 1 aliphatic carbocycles. The van der Waals surface area contributed by atoms with Gasteiger partial charge in [0.15, 0.2) is 46.0 Å². The average molecular weight is 1090 g/mol. The Hall–Kier alpha value is -12.2. The first kappa shape index (κ1) is 52.8. The second-order valence-electron chi connectivity index (χ2n) is 18.8. The molecule has 12 heteroatoms. The first-order valence-electron chi connectivity index (χ1n) is 25.6. The van der Waals surface area contributed by atoms with Gasteiger partial charge in [-0.05, 0) is 155 Å². The molecule has 0 fully saturated rings. The van der Waals surface area contributed by atoms with Crippen molar-refractivity contribution in [2.24, 2.45) is 0 Å². The van der Waals surface area contributed by atoms with E-state index in [0.29, 0.717) is 22.6 Å². The minimum absolute atomic E-state index is 0.0430. The minimum Gasteiger partial charge on any atom is -0.504 e. The van der Waals surface area contributed by atoms with Crippen LogP contribution in [0.25, 0.3) is 11.1 Å².